The molecular formula is C20H18BrN7O2. The average Bonchev–Trinajstić information content (AvgIpc) is 3.39. The molecule has 1 aromatic carbocycles. The van der Waals surface area contributed by atoms with Gasteiger partial charge in [0.25, 0.3) is 5.91 Å². The zero-order valence-electron chi connectivity index (χ0n) is 16.0. The van der Waals surface area contributed by atoms with Crippen LogP contribution in [0.4, 0.5) is 11.6 Å². The quantitative estimate of drug-likeness (QED) is 0.425. The van der Waals surface area contributed by atoms with Crippen LogP contribution in [0.25, 0.3) is 11.3 Å². The van der Waals surface area contributed by atoms with Gasteiger partial charge in [-0.3, -0.25) is 9.48 Å². The Bertz CT molecular complexity index is 1150. The van der Waals surface area contributed by atoms with Gasteiger partial charge in [-0.15, -0.1) is 0 Å². The van der Waals surface area contributed by atoms with Crippen molar-refractivity contribution in [2.45, 2.75) is 13.5 Å². The molecule has 1 amide bonds. The van der Waals surface area contributed by atoms with Gasteiger partial charge >= 0.3 is 0 Å². The summed E-state index contributed by atoms with van der Waals surface area (Å²) in [6.45, 7) is 3.14. The molecule has 4 rings (SSSR count). The molecule has 3 heterocycles. The van der Waals surface area contributed by atoms with Crippen LogP contribution in [-0.4, -0.2) is 37.2 Å². The summed E-state index contributed by atoms with van der Waals surface area (Å²) in [4.78, 5) is 25.1. The normalized spacial score (nSPS) is 10.7. The molecule has 152 valence electrons. The van der Waals surface area contributed by atoms with E-state index in [1.165, 1.54) is 6.39 Å². The Balaban J connectivity index is 1.36. The van der Waals surface area contributed by atoms with Crippen molar-refractivity contribution in [1.29, 1.82) is 0 Å². The highest BCUT2D eigenvalue weighted by molar-refractivity contribution is 9.10. The standard InChI is InChI=1S/C20H18BrN7O2/c1-13-3-2-4-14(7-13)18-17(25-12-30-18)19(29)27-16-10-26-28(11-16)6-5-22-20-23-8-15(21)9-24-20/h2-4,7-12H,5-6H2,1H3,(H,27,29)(H,22,23,24). The maximum absolute atomic E-state index is 12.7. The number of nitrogens with one attached hydrogen (secondary N) is 2. The Labute approximate surface area is 180 Å². The lowest BCUT2D eigenvalue weighted by Gasteiger charge is -2.05. The van der Waals surface area contributed by atoms with Crippen LogP contribution in [0.3, 0.4) is 0 Å². The molecular weight excluding hydrogens is 450 g/mol. The Morgan fingerprint density at radius 1 is 1.20 bits per heavy atom. The molecule has 30 heavy (non-hydrogen) atoms. The zero-order valence-corrected chi connectivity index (χ0v) is 17.6. The molecule has 0 saturated carbocycles. The van der Waals surface area contributed by atoms with Crippen LogP contribution in [0.5, 0.6) is 0 Å². The van der Waals surface area contributed by atoms with E-state index < -0.39 is 0 Å². The minimum Gasteiger partial charge on any atom is -0.443 e. The van der Waals surface area contributed by atoms with Crippen molar-refractivity contribution in [2.75, 3.05) is 17.2 Å². The first-order valence-electron chi connectivity index (χ1n) is 9.14. The predicted molar refractivity (Wildman–Crippen MR) is 115 cm³/mol. The lowest BCUT2D eigenvalue weighted by Crippen LogP contribution is -2.14. The Hall–Kier alpha value is -3.53. The number of oxazole rings is 1. The monoisotopic (exact) mass is 467 g/mol. The summed E-state index contributed by atoms with van der Waals surface area (Å²) in [5.41, 5.74) is 2.66. The number of hydrogen-bond acceptors (Lipinski definition) is 7. The maximum atomic E-state index is 12.7. The highest BCUT2D eigenvalue weighted by Crippen LogP contribution is 2.24. The summed E-state index contributed by atoms with van der Waals surface area (Å²) in [6, 6.07) is 7.71. The topological polar surface area (TPSA) is 111 Å². The largest absolute Gasteiger partial charge is 0.443 e. The van der Waals surface area contributed by atoms with E-state index in [9.17, 15) is 4.79 Å². The smallest absolute Gasteiger partial charge is 0.278 e. The van der Waals surface area contributed by atoms with Gasteiger partial charge < -0.3 is 15.1 Å². The summed E-state index contributed by atoms with van der Waals surface area (Å²) < 4.78 is 7.99. The van der Waals surface area contributed by atoms with E-state index >= 15 is 0 Å². The van der Waals surface area contributed by atoms with E-state index in [0.29, 0.717) is 30.5 Å². The summed E-state index contributed by atoms with van der Waals surface area (Å²) in [5, 5.41) is 10.2. The minimum atomic E-state index is -0.360. The predicted octanol–water partition coefficient (Wildman–Crippen LogP) is 3.76. The number of halogens is 1. The SMILES string of the molecule is Cc1cccc(-c2ocnc2C(=O)Nc2cnn(CCNc3ncc(Br)cn3)c2)c1. The molecule has 0 unspecified atom stereocenters. The fraction of sp³-hybridized carbons (Fsp3) is 0.150. The number of carbonyl (C=O) groups excluding carboxylic acids is 1. The van der Waals surface area contributed by atoms with Crippen LogP contribution in [0.1, 0.15) is 16.1 Å². The van der Waals surface area contributed by atoms with E-state index in [4.69, 9.17) is 4.42 Å². The van der Waals surface area contributed by atoms with Crippen molar-refractivity contribution in [2.24, 2.45) is 0 Å². The van der Waals surface area contributed by atoms with Gasteiger partial charge in [0.15, 0.2) is 17.8 Å². The van der Waals surface area contributed by atoms with Crippen molar-refractivity contribution in [1.82, 2.24) is 24.7 Å². The average molecular weight is 468 g/mol. The number of aromatic nitrogens is 5. The number of nitrogens with zero attached hydrogens (tertiary/aromatic N) is 5. The number of amides is 1. The van der Waals surface area contributed by atoms with E-state index in [-0.39, 0.29) is 11.6 Å². The number of anilines is 2. The summed E-state index contributed by atoms with van der Waals surface area (Å²) in [5.74, 6) is 0.608. The second kappa shape index (κ2) is 8.87. The first-order chi connectivity index (χ1) is 14.6. The summed E-state index contributed by atoms with van der Waals surface area (Å²) in [7, 11) is 0. The first kappa shape index (κ1) is 19.8. The van der Waals surface area contributed by atoms with E-state index in [0.717, 1.165) is 15.6 Å². The second-order valence-electron chi connectivity index (χ2n) is 6.50. The molecule has 0 atom stereocenters. The van der Waals surface area contributed by atoms with Gasteiger partial charge in [0, 0.05) is 30.7 Å². The van der Waals surface area contributed by atoms with Crippen LogP contribution in [0.15, 0.2) is 64.3 Å². The molecule has 0 aliphatic rings. The third kappa shape index (κ3) is 4.71. The number of carbonyl (C=O) groups is 1. The van der Waals surface area contributed by atoms with Crippen LogP contribution in [0.2, 0.25) is 0 Å². The van der Waals surface area contributed by atoms with Crippen molar-refractivity contribution in [3.05, 3.63) is 71.2 Å². The molecule has 10 heteroatoms. The molecule has 0 fully saturated rings. The number of benzene rings is 1. The van der Waals surface area contributed by atoms with Gasteiger partial charge in [0.05, 0.1) is 22.9 Å². The van der Waals surface area contributed by atoms with Gasteiger partial charge in [0.1, 0.15) is 0 Å². The van der Waals surface area contributed by atoms with E-state index in [1.54, 1.807) is 29.5 Å². The van der Waals surface area contributed by atoms with E-state index in [1.807, 2.05) is 31.2 Å². The van der Waals surface area contributed by atoms with E-state index in [2.05, 4.69) is 46.6 Å². The van der Waals surface area contributed by atoms with Crippen molar-refractivity contribution in [3.63, 3.8) is 0 Å². The molecule has 0 aliphatic heterocycles. The highest BCUT2D eigenvalue weighted by Gasteiger charge is 2.19. The van der Waals surface area contributed by atoms with Crippen molar-refractivity contribution < 1.29 is 9.21 Å². The third-order valence-corrected chi connectivity index (χ3v) is 4.61. The van der Waals surface area contributed by atoms with Crippen molar-refractivity contribution in [3.8, 4) is 11.3 Å². The van der Waals surface area contributed by atoms with Gasteiger partial charge in [-0.2, -0.15) is 5.10 Å². The fourth-order valence-corrected chi connectivity index (χ4v) is 3.03. The molecule has 0 spiro atoms. The summed E-state index contributed by atoms with van der Waals surface area (Å²) in [6.07, 6.45) is 7.94. The Morgan fingerprint density at radius 2 is 2.03 bits per heavy atom. The van der Waals surface area contributed by atoms with Crippen LogP contribution >= 0.6 is 15.9 Å². The number of aryl methyl sites for hydroxylation is 1. The van der Waals surface area contributed by atoms with Crippen LogP contribution < -0.4 is 10.6 Å². The molecule has 9 nitrogen and oxygen atoms in total. The maximum Gasteiger partial charge on any atom is 0.278 e. The third-order valence-electron chi connectivity index (χ3n) is 4.20. The lowest BCUT2D eigenvalue weighted by molar-refractivity contribution is 0.102. The number of hydrogen-bond donors (Lipinski definition) is 2. The van der Waals surface area contributed by atoms with Crippen LogP contribution in [-0.2, 0) is 6.54 Å². The van der Waals surface area contributed by atoms with Crippen molar-refractivity contribution >= 4 is 33.5 Å². The summed E-state index contributed by atoms with van der Waals surface area (Å²) >= 11 is 3.30. The van der Waals surface area contributed by atoms with Gasteiger partial charge in [-0.25, -0.2) is 15.0 Å². The second-order valence-corrected chi connectivity index (χ2v) is 7.41. The highest BCUT2D eigenvalue weighted by atomic mass is 79.9. The fourth-order valence-electron chi connectivity index (χ4n) is 2.83. The van der Waals surface area contributed by atoms with Gasteiger partial charge in [-0.1, -0.05) is 23.8 Å². The van der Waals surface area contributed by atoms with Crippen LogP contribution in [0, 0.1) is 6.92 Å². The zero-order chi connectivity index (χ0) is 20.9. The Morgan fingerprint density at radius 3 is 2.83 bits per heavy atom. The molecule has 0 bridgehead atoms. The van der Waals surface area contributed by atoms with Gasteiger partial charge in [-0.05, 0) is 28.9 Å². The molecule has 0 radical (unpaired) electrons. The molecule has 4 aromatic rings. The molecule has 0 saturated heterocycles. The number of rotatable bonds is 7. The lowest BCUT2D eigenvalue weighted by atomic mass is 10.1. The molecule has 0 aliphatic carbocycles. The first-order valence-corrected chi connectivity index (χ1v) is 9.93. The molecule has 3 aromatic heterocycles. The minimum absolute atomic E-state index is 0.224. The Kier molecular flexibility index (Phi) is 5.84. The van der Waals surface area contributed by atoms with Gasteiger partial charge in [0.2, 0.25) is 5.95 Å². The molecule has 2 N–H and O–H groups in total.